The maximum atomic E-state index is 12.9. The predicted octanol–water partition coefficient (Wildman–Crippen LogP) is 8.17. The van der Waals surface area contributed by atoms with Crippen molar-refractivity contribution in [1.29, 1.82) is 0 Å². The Morgan fingerprint density at radius 2 is 1.69 bits per heavy atom. The van der Waals surface area contributed by atoms with Crippen molar-refractivity contribution >= 4 is 39.9 Å². The molecule has 8 nitrogen and oxygen atoms in total. The molecule has 1 aliphatic rings. The molecule has 11 heteroatoms. The molecule has 1 aromatic heterocycles. The molecule has 214 valence electrons. The second-order valence-corrected chi connectivity index (χ2v) is 10.5. The summed E-state index contributed by atoms with van der Waals surface area (Å²) < 4.78 is 47.3. The number of urea groups is 1. The molecule has 0 radical (unpaired) electrons. The Hall–Kier alpha value is -5.19. The van der Waals surface area contributed by atoms with E-state index in [1.165, 1.54) is 12.1 Å². The van der Waals surface area contributed by atoms with E-state index in [2.05, 4.69) is 34.2 Å². The fourth-order valence-corrected chi connectivity index (χ4v) is 5.30. The number of aromatic hydroxyl groups is 1. The molecule has 0 spiro atoms. The minimum atomic E-state index is -4.81. The first kappa shape index (κ1) is 27.0. The number of benzene rings is 4. The number of ether oxygens (including phenoxy) is 1. The summed E-state index contributed by atoms with van der Waals surface area (Å²) >= 11 is 0. The monoisotopic (exact) mass is 574 g/mol. The van der Waals surface area contributed by atoms with Gasteiger partial charge >= 0.3 is 12.4 Å². The lowest BCUT2D eigenvalue weighted by molar-refractivity contribution is -0.274. The Bertz CT molecular complexity index is 1770. The van der Waals surface area contributed by atoms with Crippen molar-refractivity contribution in [2.24, 2.45) is 0 Å². The number of nitrogens with zero attached hydrogens (tertiary/aromatic N) is 2. The first-order valence-electron chi connectivity index (χ1n) is 13.0. The van der Waals surface area contributed by atoms with E-state index in [0.717, 1.165) is 28.8 Å². The predicted molar refractivity (Wildman–Crippen MR) is 153 cm³/mol. The van der Waals surface area contributed by atoms with E-state index in [1.807, 2.05) is 41.3 Å². The van der Waals surface area contributed by atoms with Crippen LogP contribution in [0.2, 0.25) is 0 Å². The molecule has 5 aromatic rings. The van der Waals surface area contributed by atoms with Crippen molar-refractivity contribution in [1.82, 2.24) is 4.98 Å². The number of para-hydroxylation sites is 4. The lowest BCUT2D eigenvalue weighted by atomic mass is 9.83. The summed E-state index contributed by atoms with van der Waals surface area (Å²) in [6.45, 7) is 4.60. The quantitative estimate of drug-likeness (QED) is 0.196. The summed E-state index contributed by atoms with van der Waals surface area (Å²) in [4.78, 5) is 19.5. The van der Waals surface area contributed by atoms with Gasteiger partial charge in [-0.25, -0.2) is 9.78 Å². The lowest BCUT2D eigenvalue weighted by Gasteiger charge is -2.25. The van der Waals surface area contributed by atoms with Crippen LogP contribution in [0.5, 0.6) is 11.5 Å². The van der Waals surface area contributed by atoms with Gasteiger partial charge in [0.15, 0.2) is 5.58 Å². The van der Waals surface area contributed by atoms with E-state index in [0.29, 0.717) is 35.1 Å². The van der Waals surface area contributed by atoms with Gasteiger partial charge in [0.1, 0.15) is 17.0 Å². The number of oxazole rings is 1. The first-order valence-corrected chi connectivity index (χ1v) is 13.0. The zero-order valence-corrected chi connectivity index (χ0v) is 22.5. The number of hydrogen-bond donors (Lipinski definition) is 3. The topological polar surface area (TPSA) is 99.9 Å². The maximum Gasteiger partial charge on any atom is 0.573 e. The highest BCUT2D eigenvalue weighted by atomic mass is 19.4. The maximum absolute atomic E-state index is 12.9. The average Bonchev–Trinajstić information content (AvgIpc) is 3.49. The Labute approximate surface area is 238 Å². The van der Waals surface area contributed by atoms with Crippen molar-refractivity contribution in [2.45, 2.75) is 25.6 Å². The lowest BCUT2D eigenvalue weighted by Crippen LogP contribution is -2.27. The summed E-state index contributed by atoms with van der Waals surface area (Å²) in [5.41, 5.74) is 4.50. The van der Waals surface area contributed by atoms with Crippen molar-refractivity contribution < 1.29 is 32.2 Å². The molecule has 0 fully saturated rings. The van der Waals surface area contributed by atoms with Gasteiger partial charge in [-0.2, -0.15) is 0 Å². The number of amides is 2. The number of phenolic OH excluding ortho intramolecular Hbond substituents is 1. The van der Waals surface area contributed by atoms with Crippen LogP contribution in [0.3, 0.4) is 0 Å². The van der Waals surface area contributed by atoms with Gasteiger partial charge in [-0.3, -0.25) is 0 Å². The molecule has 3 N–H and O–H groups in total. The van der Waals surface area contributed by atoms with Crippen LogP contribution in [-0.2, 0) is 5.41 Å². The third-order valence-electron chi connectivity index (χ3n) is 6.97. The Morgan fingerprint density at radius 3 is 2.43 bits per heavy atom. The number of alkyl halides is 3. The van der Waals surface area contributed by atoms with E-state index in [1.54, 1.807) is 24.3 Å². The van der Waals surface area contributed by atoms with Crippen LogP contribution in [0, 0.1) is 0 Å². The van der Waals surface area contributed by atoms with Crippen molar-refractivity contribution in [3.05, 3.63) is 90.5 Å². The number of halogens is 3. The number of phenols is 1. The molecule has 2 amide bonds. The van der Waals surface area contributed by atoms with Crippen molar-refractivity contribution in [3.63, 3.8) is 0 Å². The minimum Gasteiger partial charge on any atom is -0.506 e. The van der Waals surface area contributed by atoms with E-state index >= 15 is 0 Å². The van der Waals surface area contributed by atoms with Gasteiger partial charge in [0.05, 0.1) is 17.1 Å². The second-order valence-electron chi connectivity index (χ2n) is 10.5. The third kappa shape index (κ3) is 5.16. The SMILES string of the molecule is CC1(C)CN(c2ccccc2NC(=O)Nc2ccc(OC(F)(F)F)cc2)c2c(O)ccc(-c3nc4ccccc4o3)c21. The molecule has 1 aliphatic heterocycles. The zero-order valence-electron chi connectivity index (χ0n) is 22.5. The minimum absolute atomic E-state index is 0.0656. The molecule has 6 rings (SSSR count). The van der Waals surface area contributed by atoms with Gasteiger partial charge in [-0.05, 0) is 66.2 Å². The Balaban J connectivity index is 1.30. The number of aromatic nitrogens is 1. The molecule has 0 saturated heterocycles. The van der Waals surface area contributed by atoms with Crippen LogP contribution in [0.1, 0.15) is 19.4 Å². The van der Waals surface area contributed by atoms with Gasteiger partial charge in [0.2, 0.25) is 5.89 Å². The van der Waals surface area contributed by atoms with Crippen LogP contribution >= 0.6 is 0 Å². The van der Waals surface area contributed by atoms with Gasteiger partial charge in [0.25, 0.3) is 0 Å². The molecule has 42 heavy (non-hydrogen) atoms. The highest BCUT2D eigenvalue weighted by Crippen LogP contribution is 2.53. The number of rotatable bonds is 5. The number of carbonyl (C=O) groups excluding carboxylic acids is 1. The third-order valence-corrected chi connectivity index (χ3v) is 6.97. The van der Waals surface area contributed by atoms with E-state index in [4.69, 9.17) is 4.42 Å². The van der Waals surface area contributed by atoms with Crippen LogP contribution in [-0.4, -0.2) is 29.0 Å². The fourth-order valence-electron chi connectivity index (χ4n) is 5.30. The largest absolute Gasteiger partial charge is 0.573 e. The summed E-state index contributed by atoms with van der Waals surface area (Å²) in [5, 5.41) is 16.5. The first-order chi connectivity index (χ1) is 20.0. The van der Waals surface area contributed by atoms with Crippen LogP contribution in [0.15, 0.2) is 89.3 Å². The molecule has 0 aliphatic carbocycles. The van der Waals surface area contributed by atoms with Gasteiger partial charge in [-0.1, -0.05) is 38.1 Å². The van der Waals surface area contributed by atoms with E-state index < -0.39 is 23.6 Å². The van der Waals surface area contributed by atoms with Crippen LogP contribution in [0.4, 0.5) is 40.7 Å². The average molecular weight is 575 g/mol. The molecular weight excluding hydrogens is 549 g/mol. The fraction of sp³-hybridized carbons (Fsp3) is 0.161. The number of hydrogen-bond acceptors (Lipinski definition) is 6. The summed E-state index contributed by atoms with van der Waals surface area (Å²) in [5.74, 6) is 0.113. The molecule has 0 atom stereocenters. The van der Waals surface area contributed by atoms with Crippen LogP contribution in [0.25, 0.3) is 22.6 Å². The van der Waals surface area contributed by atoms with Crippen molar-refractivity contribution in [3.8, 4) is 23.0 Å². The summed E-state index contributed by atoms with van der Waals surface area (Å²) in [7, 11) is 0. The number of anilines is 4. The molecule has 0 saturated carbocycles. The number of nitrogens with one attached hydrogen (secondary N) is 2. The van der Waals surface area contributed by atoms with Crippen molar-refractivity contribution in [2.75, 3.05) is 22.1 Å². The van der Waals surface area contributed by atoms with Gasteiger partial charge < -0.3 is 29.8 Å². The van der Waals surface area contributed by atoms with E-state index in [9.17, 15) is 23.1 Å². The summed E-state index contributed by atoms with van der Waals surface area (Å²) in [6.07, 6.45) is -4.81. The molecular formula is C31H25F3N4O4. The Morgan fingerprint density at radius 1 is 0.976 bits per heavy atom. The van der Waals surface area contributed by atoms with Crippen LogP contribution < -0.4 is 20.3 Å². The molecule has 0 unspecified atom stereocenters. The standard InChI is InChI=1S/C31H25F3N4O4/c1-30(2)17-38(27-24(39)16-15-20(26(27)30)28-36-22-8-4-6-10-25(22)41-28)23-9-5-3-7-21(23)37-29(40)35-18-11-13-19(14-12-18)42-31(32,33)34/h3-16,39H,17H2,1-2H3,(H2,35,37,40). The highest BCUT2D eigenvalue weighted by molar-refractivity contribution is 6.03. The normalized spacial score (nSPS) is 14.1. The number of fused-ring (bicyclic) bond motifs is 2. The molecule has 4 aromatic carbocycles. The highest BCUT2D eigenvalue weighted by Gasteiger charge is 2.41. The number of carbonyl (C=O) groups is 1. The molecule has 0 bridgehead atoms. The smallest absolute Gasteiger partial charge is 0.506 e. The Kier molecular flexibility index (Phi) is 6.44. The zero-order chi connectivity index (χ0) is 29.6. The van der Waals surface area contributed by atoms with Gasteiger partial charge in [0, 0.05) is 23.2 Å². The van der Waals surface area contributed by atoms with Gasteiger partial charge in [-0.15, -0.1) is 13.2 Å². The van der Waals surface area contributed by atoms with E-state index in [-0.39, 0.29) is 11.4 Å². The summed E-state index contributed by atoms with van der Waals surface area (Å²) in [6, 6.07) is 22.2. The second kappa shape index (κ2) is 10.0. The molecule has 2 heterocycles.